The summed E-state index contributed by atoms with van der Waals surface area (Å²) >= 11 is 0. The lowest BCUT2D eigenvalue weighted by atomic mass is 9.97. The number of aryl methyl sites for hydroxylation is 1. The largest absolute Gasteiger partial charge is 0.352 e. The fourth-order valence-electron chi connectivity index (χ4n) is 4.42. The molecule has 2 aromatic heterocycles. The molecule has 6 nitrogen and oxygen atoms in total. The summed E-state index contributed by atoms with van der Waals surface area (Å²) in [5, 5.41) is 1.92. The van der Waals surface area contributed by atoms with E-state index in [1.54, 1.807) is 36.2 Å². The average Bonchev–Trinajstić information content (AvgIpc) is 2.85. The number of carbonyl (C=O) groups excluding carboxylic acids is 1. The molecule has 3 heterocycles. The minimum Gasteiger partial charge on any atom is -0.352 e. The third-order valence-corrected chi connectivity index (χ3v) is 6.16. The van der Waals surface area contributed by atoms with Crippen molar-refractivity contribution in [3.63, 3.8) is 0 Å². The molecule has 1 amide bonds. The predicted octanol–water partition coefficient (Wildman–Crippen LogP) is 4.27. The Bertz CT molecular complexity index is 1410. The van der Waals surface area contributed by atoms with Gasteiger partial charge in [-0.1, -0.05) is 30.8 Å². The fraction of sp³-hybridized carbons (Fsp3) is 0.200. The van der Waals surface area contributed by atoms with Crippen LogP contribution in [0.4, 0.5) is 14.6 Å². The average molecular weight is 445 g/mol. The van der Waals surface area contributed by atoms with Gasteiger partial charge < -0.3 is 9.80 Å². The summed E-state index contributed by atoms with van der Waals surface area (Å²) in [4.78, 5) is 28.6. The van der Waals surface area contributed by atoms with Gasteiger partial charge >= 0.3 is 0 Å². The van der Waals surface area contributed by atoms with Gasteiger partial charge in [0.2, 0.25) is 5.91 Å². The zero-order chi connectivity index (χ0) is 23.1. The number of rotatable bonds is 3. The molecule has 1 fully saturated rings. The molecule has 1 saturated heterocycles. The van der Waals surface area contributed by atoms with Crippen LogP contribution in [-0.2, 0) is 4.79 Å². The maximum Gasteiger partial charge on any atom is 0.246 e. The van der Waals surface area contributed by atoms with Crippen LogP contribution in [0.3, 0.4) is 0 Å². The van der Waals surface area contributed by atoms with Crippen molar-refractivity contribution in [1.82, 2.24) is 19.9 Å². The number of aromatic nitrogens is 3. The van der Waals surface area contributed by atoms with Crippen molar-refractivity contribution in [3.05, 3.63) is 72.7 Å². The van der Waals surface area contributed by atoms with E-state index in [-0.39, 0.29) is 22.9 Å². The van der Waals surface area contributed by atoms with E-state index in [0.29, 0.717) is 53.9 Å². The molecule has 1 aliphatic heterocycles. The van der Waals surface area contributed by atoms with Gasteiger partial charge in [0, 0.05) is 37.9 Å². The molecule has 0 bridgehead atoms. The van der Waals surface area contributed by atoms with Gasteiger partial charge in [-0.25, -0.2) is 18.7 Å². The predicted molar refractivity (Wildman–Crippen MR) is 124 cm³/mol. The second-order valence-electron chi connectivity index (χ2n) is 7.97. The first-order chi connectivity index (χ1) is 16.0. The fourth-order valence-corrected chi connectivity index (χ4v) is 4.42. The van der Waals surface area contributed by atoms with Gasteiger partial charge in [-0.3, -0.25) is 9.78 Å². The maximum atomic E-state index is 15.7. The van der Waals surface area contributed by atoms with Crippen LogP contribution < -0.4 is 4.90 Å². The Labute approximate surface area is 189 Å². The Kier molecular flexibility index (Phi) is 5.20. The number of halogens is 2. The molecule has 166 valence electrons. The van der Waals surface area contributed by atoms with Crippen LogP contribution in [0.2, 0.25) is 0 Å². The number of fused-ring (bicyclic) bond motifs is 2. The summed E-state index contributed by atoms with van der Waals surface area (Å²) in [7, 11) is 0. The second-order valence-corrected chi connectivity index (χ2v) is 7.97. The number of hydrogen-bond acceptors (Lipinski definition) is 5. The third-order valence-electron chi connectivity index (χ3n) is 6.16. The molecule has 0 aliphatic carbocycles. The Balaban J connectivity index is 1.59. The standard InChI is InChI=1S/C25H21F2N5O/c1-3-20(33)31-9-11-32(12-10-31)25-18-13-28-23(22(27)24(18)29-14-30-25)17-6-4-5-16-7-8-19(26)15(2)21(16)17/h3-8,13-14H,1,9-12H2,2H3. The molecule has 8 heteroatoms. The molecular weight excluding hydrogens is 424 g/mol. The highest BCUT2D eigenvalue weighted by Crippen LogP contribution is 2.35. The van der Waals surface area contributed by atoms with E-state index in [0.717, 1.165) is 5.39 Å². The van der Waals surface area contributed by atoms with Crippen LogP contribution in [0.5, 0.6) is 0 Å². The van der Waals surface area contributed by atoms with E-state index in [9.17, 15) is 9.18 Å². The summed E-state index contributed by atoms with van der Waals surface area (Å²) in [5.41, 5.74) is 1.23. The normalized spacial score (nSPS) is 14.2. The summed E-state index contributed by atoms with van der Waals surface area (Å²) in [6.45, 7) is 7.35. The molecule has 0 unspecified atom stereocenters. The number of pyridine rings is 1. The lowest BCUT2D eigenvalue weighted by molar-refractivity contribution is -0.126. The third kappa shape index (κ3) is 3.47. The molecule has 0 saturated carbocycles. The Morgan fingerprint density at radius 2 is 1.85 bits per heavy atom. The molecule has 0 spiro atoms. The summed E-state index contributed by atoms with van der Waals surface area (Å²) in [5.74, 6) is -0.465. The molecule has 0 atom stereocenters. The highest BCUT2D eigenvalue weighted by atomic mass is 19.1. The van der Waals surface area contributed by atoms with Crippen molar-refractivity contribution in [2.45, 2.75) is 6.92 Å². The molecule has 33 heavy (non-hydrogen) atoms. The maximum absolute atomic E-state index is 15.7. The topological polar surface area (TPSA) is 62.2 Å². The number of nitrogens with zero attached hydrogens (tertiary/aromatic N) is 5. The van der Waals surface area contributed by atoms with E-state index in [4.69, 9.17) is 0 Å². The van der Waals surface area contributed by atoms with Gasteiger partial charge in [0.05, 0.1) is 5.39 Å². The first kappa shape index (κ1) is 20.9. The van der Waals surface area contributed by atoms with Gasteiger partial charge in [-0.15, -0.1) is 0 Å². The summed E-state index contributed by atoms with van der Waals surface area (Å²) in [6, 6.07) is 8.49. The number of amides is 1. The van der Waals surface area contributed by atoms with E-state index >= 15 is 4.39 Å². The smallest absolute Gasteiger partial charge is 0.246 e. The van der Waals surface area contributed by atoms with Crippen LogP contribution in [0.1, 0.15) is 5.56 Å². The number of carbonyl (C=O) groups is 1. The van der Waals surface area contributed by atoms with Crippen molar-refractivity contribution in [2.75, 3.05) is 31.1 Å². The monoisotopic (exact) mass is 445 g/mol. The van der Waals surface area contributed by atoms with Crippen LogP contribution in [0.15, 0.2) is 55.5 Å². The Morgan fingerprint density at radius 3 is 2.61 bits per heavy atom. The van der Waals surface area contributed by atoms with Crippen LogP contribution in [-0.4, -0.2) is 51.9 Å². The van der Waals surface area contributed by atoms with Crippen molar-refractivity contribution in [3.8, 4) is 11.3 Å². The molecule has 0 N–H and O–H groups in total. The number of hydrogen-bond donors (Lipinski definition) is 0. The van der Waals surface area contributed by atoms with Crippen LogP contribution in [0, 0.1) is 18.6 Å². The van der Waals surface area contributed by atoms with Crippen molar-refractivity contribution >= 4 is 33.4 Å². The minimum atomic E-state index is -0.576. The van der Waals surface area contributed by atoms with Crippen molar-refractivity contribution in [2.24, 2.45) is 0 Å². The molecule has 5 rings (SSSR count). The minimum absolute atomic E-state index is 0.110. The summed E-state index contributed by atoms with van der Waals surface area (Å²) < 4.78 is 30.0. The van der Waals surface area contributed by atoms with E-state index in [1.807, 2.05) is 11.0 Å². The molecule has 1 aliphatic rings. The summed E-state index contributed by atoms with van der Waals surface area (Å²) in [6.07, 6.45) is 4.20. The van der Waals surface area contributed by atoms with Gasteiger partial charge in [0.1, 0.15) is 29.2 Å². The van der Waals surface area contributed by atoms with E-state index < -0.39 is 5.82 Å². The highest BCUT2D eigenvalue weighted by Gasteiger charge is 2.24. The van der Waals surface area contributed by atoms with E-state index in [1.165, 1.54) is 18.5 Å². The van der Waals surface area contributed by atoms with Gasteiger partial charge in [0.25, 0.3) is 0 Å². The first-order valence-corrected chi connectivity index (χ1v) is 10.6. The van der Waals surface area contributed by atoms with E-state index in [2.05, 4.69) is 21.5 Å². The molecule has 2 aromatic carbocycles. The zero-order valence-electron chi connectivity index (χ0n) is 18.1. The Morgan fingerprint density at radius 1 is 1.06 bits per heavy atom. The van der Waals surface area contributed by atoms with Gasteiger partial charge in [-0.2, -0.15) is 0 Å². The van der Waals surface area contributed by atoms with Crippen molar-refractivity contribution in [1.29, 1.82) is 0 Å². The number of piperazine rings is 1. The van der Waals surface area contributed by atoms with Gasteiger partial charge in [-0.05, 0) is 35.4 Å². The molecular formula is C25H21F2N5O. The SMILES string of the molecule is C=CC(=O)N1CCN(c2ncnc3c(F)c(-c4cccc5ccc(F)c(C)c45)ncc23)CC1. The Hall–Kier alpha value is -3.94. The lowest BCUT2D eigenvalue weighted by Gasteiger charge is -2.35. The zero-order valence-corrected chi connectivity index (χ0v) is 18.1. The number of benzene rings is 2. The second kappa shape index (κ2) is 8.20. The molecule has 4 aromatic rings. The first-order valence-electron chi connectivity index (χ1n) is 10.6. The van der Waals surface area contributed by atoms with Gasteiger partial charge in [0.15, 0.2) is 5.82 Å². The number of anilines is 1. The van der Waals surface area contributed by atoms with Crippen LogP contribution >= 0.6 is 0 Å². The molecule has 0 radical (unpaired) electrons. The quantitative estimate of drug-likeness (QED) is 0.441. The lowest BCUT2D eigenvalue weighted by Crippen LogP contribution is -2.48. The van der Waals surface area contributed by atoms with Crippen molar-refractivity contribution < 1.29 is 13.6 Å². The van der Waals surface area contributed by atoms with Crippen LogP contribution in [0.25, 0.3) is 32.9 Å². The highest BCUT2D eigenvalue weighted by molar-refractivity contribution is 6.00.